The van der Waals surface area contributed by atoms with Gasteiger partial charge in [0.1, 0.15) is 17.9 Å². The standard InChI is InChI=1S/C16H19F3N2O3/c1-2-10(9-20-15(23)12-7-8-14(22)21-12)24-13-6-4-3-5-11(13)16(17,18)19/h3-6,10,12H,2,7-9H2,1H3,(H,20,23)(H,21,22)/t10-,12+/m0/s1. The van der Waals surface area contributed by atoms with E-state index in [1.165, 1.54) is 18.2 Å². The highest BCUT2D eigenvalue weighted by atomic mass is 19.4. The zero-order chi connectivity index (χ0) is 17.7. The van der Waals surface area contributed by atoms with Gasteiger partial charge >= 0.3 is 6.18 Å². The average Bonchev–Trinajstić information content (AvgIpc) is 2.97. The van der Waals surface area contributed by atoms with E-state index in [1.807, 2.05) is 0 Å². The van der Waals surface area contributed by atoms with Crippen LogP contribution in [0.2, 0.25) is 0 Å². The van der Waals surface area contributed by atoms with Crippen molar-refractivity contribution >= 4 is 11.8 Å². The van der Waals surface area contributed by atoms with E-state index in [9.17, 15) is 22.8 Å². The lowest BCUT2D eigenvalue weighted by Crippen LogP contribution is -2.45. The second kappa shape index (κ2) is 7.55. The molecule has 0 bridgehead atoms. The van der Waals surface area contributed by atoms with E-state index in [0.717, 1.165) is 6.07 Å². The smallest absolute Gasteiger partial charge is 0.419 e. The van der Waals surface area contributed by atoms with Crippen molar-refractivity contribution in [2.45, 2.75) is 44.5 Å². The number of rotatable bonds is 6. The molecule has 1 aromatic carbocycles. The summed E-state index contributed by atoms with van der Waals surface area (Å²) < 4.78 is 44.3. The van der Waals surface area contributed by atoms with Crippen molar-refractivity contribution in [3.05, 3.63) is 29.8 Å². The molecule has 1 aromatic rings. The molecule has 1 saturated heterocycles. The van der Waals surface area contributed by atoms with Gasteiger partial charge in [-0.1, -0.05) is 19.1 Å². The van der Waals surface area contributed by atoms with E-state index in [-0.39, 0.29) is 24.1 Å². The average molecular weight is 344 g/mol. The highest BCUT2D eigenvalue weighted by molar-refractivity contribution is 5.90. The molecule has 8 heteroatoms. The molecule has 24 heavy (non-hydrogen) atoms. The molecule has 0 radical (unpaired) electrons. The molecular weight excluding hydrogens is 325 g/mol. The van der Waals surface area contributed by atoms with Crippen LogP contribution >= 0.6 is 0 Å². The molecule has 0 saturated carbocycles. The third kappa shape index (κ3) is 4.62. The second-order valence-electron chi connectivity index (χ2n) is 5.55. The van der Waals surface area contributed by atoms with E-state index in [2.05, 4.69) is 10.6 Å². The second-order valence-corrected chi connectivity index (χ2v) is 5.55. The Bertz CT molecular complexity index is 604. The molecular formula is C16H19F3N2O3. The summed E-state index contributed by atoms with van der Waals surface area (Å²) in [5.74, 6) is -0.801. The number of carbonyl (C=O) groups is 2. The number of ether oxygens (including phenoxy) is 1. The summed E-state index contributed by atoms with van der Waals surface area (Å²) in [6, 6.07) is 4.38. The Morgan fingerprint density at radius 1 is 1.42 bits per heavy atom. The van der Waals surface area contributed by atoms with Gasteiger partial charge in [-0.05, 0) is 25.0 Å². The SMILES string of the molecule is CC[C@@H](CNC(=O)[C@H]1CCC(=O)N1)Oc1ccccc1C(F)(F)F. The van der Waals surface area contributed by atoms with E-state index >= 15 is 0 Å². The summed E-state index contributed by atoms with van der Waals surface area (Å²) in [6.45, 7) is 1.82. The maximum atomic E-state index is 13.0. The van der Waals surface area contributed by atoms with Crippen LogP contribution in [0.3, 0.4) is 0 Å². The van der Waals surface area contributed by atoms with Crippen molar-refractivity contribution in [3.8, 4) is 5.75 Å². The number of benzene rings is 1. The lowest BCUT2D eigenvalue weighted by molar-refractivity contribution is -0.139. The predicted octanol–water partition coefficient (Wildman–Crippen LogP) is 2.26. The molecule has 1 aliphatic rings. The van der Waals surface area contributed by atoms with Crippen LogP contribution in [-0.4, -0.2) is 30.5 Å². The largest absolute Gasteiger partial charge is 0.488 e. The number of para-hydroxylation sites is 1. The first-order valence-electron chi connectivity index (χ1n) is 7.71. The first-order valence-corrected chi connectivity index (χ1v) is 7.71. The number of alkyl halides is 3. The Balaban J connectivity index is 1.95. The molecule has 2 rings (SSSR count). The number of hydrogen-bond donors (Lipinski definition) is 2. The van der Waals surface area contributed by atoms with Crippen molar-refractivity contribution < 1.29 is 27.5 Å². The number of halogens is 3. The fourth-order valence-corrected chi connectivity index (χ4v) is 2.40. The molecule has 0 aromatic heterocycles. The number of hydrogen-bond acceptors (Lipinski definition) is 3. The number of carbonyl (C=O) groups excluding carboxylic acids is 2. The quantitative estimate of drug-likeness (QED) is 0.832. The van der Waals surface area contributed by atoms with Crippen molar-refractivity contribution in [1.82, 2.24) is 10.6 Å². The van der Waals surface area contributed by atoms with Crippen LogP contribution in [0, 0.1) is 0 Å². The van der Waals surface area contributed by atoms with Gasteiger partial charge in [0, 0.05) is 6.42 Å². The highest BCUT2D eigenvalue weighted by Crippen LogP contribution is 2.36. The molecule has 2 atom stereocenters. The zero-order valence-electron chi connectivity index (χ0n) is 13.2. The lowest BCUT2D eigenvalue weighted by atomic mass is 10.2. The number of amides is 2. The molecule has 2 N–H and O–H groups in total. The Kier molecular flexibility index (Phi) is 5.69. The minimum absolute atomic E-state index is 0.0634. The Morgan fingerprint density at radius 2 is 2.12 bits per heavy atom. The van der Waals surface area contributed by atoms with Gasteiger partial charge in [0.15, 0.2) is 0 Å². The highest BCUT2D eigenvalue weighted by Gasteiger charge is 2.34. The third-order valence-corrected chi connectivity index (χ3v) is 3.76. The van der Waals surface area contributed by atoms with E-state index in [4.69, 9.17) is 4.74 Å². The van der Waals surface area contributed by atoms with Crippen LogP contribution in [0.1, 0.15) is 31.7 Å². The summed E-state index contributed by atoms with van der Waals surface area (Å²) >= 11 is 0. The first-order chi connectivity index (χ1) is 11.3. The summed E-state index contributed by atoms with van der Waals surface area (Å²) in [7, 11) is 0. The van der Waals surface area contributed by atoms with Gasteiger partial charge in [-0.25, -0.2) is 0 Å². The fourth-order valence-electron chi connectivity index (χ4n) is 2.40. The monoisotopic (exact) mass is 344 g/mol. The zero-order valence-corrected chi connectivity index (χ0v) is 13.2. The molecule has 0 spiro atoms. The van der Waals surface area contributed by atoms with Crippen molar-refractivity contribution in [2.24, 2.45) is 0 Å². The van der Waals surface area contributed by atoms with Gasteiger partial charge in [0.25, 0.3) is 0 Å². The summed E-state index contributed by atoms with van der Waals surface area (Å²) in [4.78, 5) is 23.0. The van der Waals surface area contributed by atoms with Gasteiger partial charge < -0.3 is 15.4 Å². The van der Waals surface area contributed by atoms with Crippen LogP contribution in [-0.2, 0) is 15.8 Å². The fraction of sp³-hybridized carbons (Fsp3) is 0.500. The van der Waals surface area contributed by atoms with E-state index in [1.54, 1.807) is 6.92 Å². The first kappa shape index (κ1) is 18.1. The molecule has 0 aliphatic carbocycles. The molecule has 1 fully saturated rings. The lowest BCUT2D eigenvalue weighted by Gasteiger charge is -2.21. The maximum absolute atomic E-state index is 13.0. The maximum Gasteiger partial charge on any atom is 0.419 e. The summed E-state index contributed by atoms with van der Waals surface area (Å²) in [5.41, 5.74) is -0.849. The van der Waals surface area contributed by atoms with Crippen LogP contribution < -0.4 is 15.4 Å². The molecule has 132 valence electrons. The molecule has 5 nitrogen and oxygen atoms in total. The Labute approximate surface area is 137 Å². The van der Waals surface area contributed by atoms with Crippen LogP contribution in [0.25, 0.3) is 0 Å². The van der Waals surface area contributed by atoms with Gasteiger partial charge in [-0.2, -0.15) is 13.2 Å². The number of nitrogens with one attached hydrogen (secondary N) is 2. The van der Waals surface area contributed by atoms with Gasteiger partial charge in [-0.15, -0.1) is 0 Å². The Morgan fingerprint density at radius 3 is 2.71 bits per heavy atom. The van der Waals surface area contributed by atoms with Crippen LogP contribution in [0.15, 0.2) is 24.3 Å². The Hall–Kier alpha value is -2.25. The molecule has 2 amide bonds. The summed E-state index contributed by atoms with van der Waals surface area (Å²) in [5, 5.41) is 5.15. The van der Waals surface area contributed by atoms with Gasteiger partial charge in [0.2, 0.25) is 11.8 Å². The molecule has 1 aliphatic heterocycles. The topological polar surface area (TPSA) is 67.4 Å². The van der Waals surface area contributed by atoms with E-state index < -0.39 is 23.9 Å². The van der Waals surface area contributed by atoms with Crippen molar-refractivity contribution in [3.63, 3.8) is 0 Å². The van der Waals surface area contributed by atoms with Gasteiger partial charge in [-0.3, -0.25) is 9.59 Å². The predicted molar refractivity (Wildman–Crippen MR) is 80.3 cm³/mol. The molecule has 1 heterocycles. The molecule has 0 unspecified atom stereocenters. The van der Waals surface area contributed by atoms with Crippen LogP contribution in [0.4, 0.5) is 13.2 Å². The minimum atomic E-state index is -4.51. The van der Waals surface area contributed by atoms with Crippen molar-refractivity contribution in [1.29, 1.82) is 0 Å². The van der Waals surface area contributed by atoms with Gasteiger partial charge in [0.05, 0.1) is 12.1 Å². The summed E-state index contributed by atoms with van der Waals surface area (Å²) in [6.07, 6.45) is -3.98. The normalized spacial score (nSPS) is 18.8. The van der Waals surface area contributed by atoms with Crippen LogP contribution in [0.5, 0.6) is 5.75 Å². The third-order valence-electron chi connectivity index (χ3n) is 3.76. The van der Waals surface area contributed by atoms with E-state index in [0.29, 0.717) is 19.3 Å². The minimum Gasteiger partial charge on any atom is -0.488 e. The van der Waals surface area contributed by atoms with Crippen molar-refractivity contribution in [2.75, 3.05) is 6.54 Å².